The number of methoxy groups -OCH3 is 1. The number of halogens is 1. The molecule has 2 rings (SSSR count). The first-order valence-electron chi connectivity index (χ1n) is 7.07. The number of benzene rings is 2. The third-order valence-electron chi connectivity index (χ3n) is 3.82. The molecule has 0 spiro atoms. The van der Waals surface area contributed by atoms with Crippen molar-refractivity contribution in [2.45, 2.75) is 26.8 Å². The van der Waals surface area contributed by atoms with Crippen LogP contribution in [0.3, 0.4) is 0 Å². The van der Waals surface area contributed by atoms with Crippen molar-refractivity contribution >= 4 is 22.6 Å². The van der Waals surface area contributed by atoms with Crippen LogP contribution in [0, 0.1) is 24.3 Å². The van der Waals surface area contributed by atoms with Crippen LogP contribution < -0.4 is 10.1 Å². The van der Waals surface area contributed by atoms with Crippen molar-refractivity contribution in [3.63, 3.8) is 0 Å². The van der Waals surface area contributed by atoms with Gasteiger partial charge in [-0.3, -0.25) is 0 Å². The summed E-state index contributed by atoms with van der Waals surface area (Å²) in [5, 5.41) is 3.45. The van der Waals surface area contributed by atoms with Crippen LogP contribution in [0.1, 0.15) is 33.9 Å². The highest BCUT2D eigenvalue weighted by molar-refractivity contribution is 14.1. The topological polar surface area (TPSA) is 21.3 Å². The summed E-state index contributed by atoms with van der Waals surface area (Å²) in [7, 11) is 3.74. The number of rotatable bonds is 4. The molecule has 1 N–H and O–H groups in total. The lowest BCUT2D eigenvalue weighted by Gasteiger charge is -2.24. The molecule has 0 radical (unpaired) electrons. The molecule has 0 aliphatic carbocycles. The second-order valence-corrected chi connectivity index (χ2v) is 6.48. The van der Waals surface area contributed by atoms with E-state index >= 15 is 0 Å². The Hall–Kier alpha value is -1.07. The summed E-state index contributed by atoms with van der Waals surface area (Å²) in [6.45, 7) is 6.40. The lowest BCUT2D eigenvalue weighted by Crippen LogP contribution is -2.21. The zero-order chi connectivity index (χ0) is 15.6. The van der Waals surface area contributed by atoms with Gasteiger partial charge in [-0.15, -0.1) is 0 Å². The predicted octanol–water partition coefficient (Wildman–Crippen LogP) is 4.53. The normalized spacial score (nSPS) is 12.3. The predicted molar refractivity (Wildman–Crippen MR) is 97.3 cm³/mol. The molecule has 112 valence electrons. The van der Waals surface area contributed by atoms with Crippen LogP contribution in [0.2, 0.25) is 0 Å². The summed E-state index contributed by atoms with van der Waals surface area (Å²) in [5.41, 5.74) is 6.29. The molecule has 21 heavy (non-hydrogen) atoms. The molecule has 2 aromatic carbocycles. The standard InChI is InChI=1S/C18H22INO/c1-11-9-13(3)16(15(10-11)21-5)18(20-4)14-8-6-7-12(2)17(14)19/h6-10,18,20H,1-5H3. The molecule has 0 heterocycles. The van der Waals surface area contributed by atoms with Crippen LogP contribution in [0.25, 0.3) is 0 Å². The van der Waals surface area contributed by atoms with E-state index in [1.807, 2.05) is 7.05 Å². The van der Waals surface area contributed by atoms with E-state index in [9.17, 15) is 0 Å². The van der Waals surface area contributed by atoms with Gasteiger partial charge in [-0.05, 0) is 78.7 Å². The molecule has 0 fully saturated rings. The van der Waals surface area contributed by atoms with Gasteiger partial charge in [-0.25, -0.2) is 0 Å². The molecule has 0 saturated heterocycles. The molecule has 0 amide bonds. The quantitative estimate of drug-likeness (QED) is 0.768. The van der Waals surface area contributed by atoms with E-state index in [1.165, 1.54) is 31.4 Å². The van der Waals surface area contributed by atoms with Crippen molar-refractivity contribution in [2.24, 2.45) is 0 Å². The Balaban J connectivity index is 2.64. The Labute approximate surface area is 141 Å². The van der Waals surface area contributed by atoms with Crippen LogP contribution >= 0.6 is 22.6 Å². The van der Waals surface area contributed by atoms with Gasteiger partial charge < -0.3 is 10.1 Å². The molecular weight excluding hydrogens is 373 g/mol. The second kappa shape index (κ2) is 6.79. The Bertz CT molecular complexity index is 652. The summed E-state index contributed by atoms with van der Waals surface area (Å²) in [6, 6.07) is 10.9. The van der Waals surface area contributed by atoms with E-state index in [1.54, 1.807) is 7.11 Å². The van der Waals surface area contributed by atoms with Crippen LogP contribution in [0.15, 0.2) is 30.3 Å². The fourth-order valence-electron chi connectivity index (χ4n) is 2.83. The molecule has 1 unspecified atom stereocenters. The van der Waals surface area contributed by atoms with Crippen LogP contribution in [-0.4, -0.2) is 14.2 Å². The maximum atomic E-state index is 5.64. The van der Waals surface area contributed by atoms with Gasteiger partial charge >= 0.3 is 0 Å². The van der Waals surface area contributed by atoms with E-state index in [0.717, 1.165) is 5.75 Å². The van der Waals surface area contributed by atoms with Crippen molar-refractivity contribution in [3.8, 4) is 5.75 Å². The van der Waals surface area contributed by atoms with E-state index in [2.05, 4.69) is 79.0 Å². The molecule has 1 atom stereocenters. The first-order chi connectivity index (χ1) is 9.99. The molecule has 2 aromatic rings. The molecule has 0 bridgehead atoms. The smallest absolute Gasteiger partial charge is 0.124 e. The average molecular weight is 395 g/mol. The van der Waals surface area contributed by atoms with E-state index in [4.69, 9.17) is 4.74 Å². The van der Waals surface area contributed by atoms with Crippen molar-refractivity contribution in [1.29, 1.82) is 0 Å². The minimum absolute atomic E-state index is 0.132. The lowest BCUT2D eigenvalue weighted by molar-refractivity contribution is 0.404. The van der Waals surface area contributed by atoms with Crippen molar-refractivity contribution < 1.29 is 4.74 Å². The fraction of sp³-hybridized carbons (Fsp3) is 0.333. The monoisotopic (exact) mass is 395 g/mol. The van der Waals surface area contributed by atoms with E-state index < -0.39 is 0 Å². The maximum absolute atomic E-state index is 5.64. The molecule has 2 nitrogen and oxygen atoms in total. The highest BCUT2D eigenvalue weighted by Gasteiger charge is 2.21. The third-order valence-corrected chi connectivity index (χ3v) is 5.30. The average Bonchev–Trinajstić information content (AvgIpc) is 2.45. The van der Waals surface area contributed by atoms with Gasteiger partial charge in [0, 0.05) is 9.13 Å². The summed E-state index contributed by atoms with van der Waals surface area (Å²) in [6.07, 6.45) is 0. The minimum atomic E-state index is 0.132. The Morgan fingerprint density at radius 3 is 2.43 bits per heavy atom. The fourth-order valence-corrected chi connectivity index (χ4v) is 3.50. The number of aryl methyl sites for hydroxylation is 3. The summed E-state index contributed by atoms with van der Waals surface area (Å²) < 4.78 is 6.94. The van der Waals surface area contributed by atoms with Crippen LogP contribution in [0.4, 0.5) is 0 Å². The molecule has 3 heteroatoms. The first-order valence-corrected chi connectivity index (χ1v) is 8.14. The van der Waals surface area contributed by atoms with Gasteiger partial charge in [0.15, 0.2) is 0 Å². The number of ether oxygens (including phenoxy) is 1. The van der Waals surface area contributed by atoms with Crippen molar-refractivity contribution in [3.05, 3.63) is 61.7 Å². The van der Waals surface area contributed by atoms with Gasteiger partial charge in [-0.2, -0.15) is 0 Å². The largest absolute Gasteiger partial charge is 0.496 e. The van der Waals surface area contributed by atoms with Gasteiger partial charge in [0.2, 0.25) is 0 Å². The van der Waals surface area contributed by atoms with Gasteiger partial charge in [0.1, 0.15) is 5.75 Å². The van der Waals surface area contributed by atoms with Gasteiger partial charge in [-0.1, -0.05) is 24.3 Å². The zero-order valence-corrected chi connectivity index (χ0v) is 15.4. The lowest BCUT2D eigenvalue weighted by atomic mass is 9.92. The minimum Gasteiger partial charge on any atom is -0.496 e. The highest BCUT2D eigenvalue weighted by atomic mass is 127. The Morgan fingerprint density at radius 2 is 1.81 bits per heavy atom. The van der Waals surface area contributed by atoms with Gasteiger partial charge in [0.05, 0.1) is 13.2 Å². The second-order valence-electron chi connectivity index (χ2n) is 5.40. The zero-order valence-electron chi connectivity index (χ0n) is 13.3. The van der Waals surface area contributed by atoms with Crippen LogP contribution in [0.5, 0.6) is 5.75 Å². The number of hydrogen-bond acceptors (Lipinski definition) is 2. The SMILES string of the molecule is CNC(c1cccc(C)c1I)c1c(C)cc(C)cc1OC. The van der Waals surface area contributed by atoms with Gasteiger partial charge in [0.25, 0.3) is 0 Å². The molecule has 0 aliphatic heterocycles. The summed E-state index contributed by atoms with van der Waals surface area (Å²) in [5.74, 6) is 0.948. The van der Waals surface area contributed by atoms with E-state index in [-0.39, 0.29) is 6.04 Å². The van der Waals surface area contributed by atoms with Crippen molar-refractivity contribution in [1.82, 2.24) is 5.32 Å². The van der Waals surface area contributed by atoms with Crippen molar-refractivity contribution in [2.75, 3.05) is 14.2 Å². The Morgan fingerprint density at radius 1 is 1.10 bits per heavy atom. The molecular formula is C18H22INO. The summed E-state index contributed by atoms with van der Waals surface area (Å²) in [4.78, 5) is 0. The number of hydrogen-bond donors (Lipinski definition) is 1. The highest BCUT2D eigenvalue weighted by Crippen LogP contribution is 2.36. The third kappa shape index (κ3) is 3.24. The number of nitrogens with one attached hydrogen (secondary N) is 1. The van der Waals surface area contributed by atoms with Crippen LogP contribution in [-0.2, 0) is 0 Å². The molecule has 0 saturated carbocycles. The molecule has 0 aliphatic rings. The summed E-state index contributed by atoms with van der Waals surface area (Å²) >= 11 is 2.43. The van der Waals surface area contributed by atoms with E-state index in [0.29, 0.717) is 0 Å². The first kappa shape index (κ1) is 16.3. The molecule has 0 aromatic heterocycles. The maximum Gasteiger partial charge on any atom is 0.124 e. The Kier molecular flexibility index (Phi) is 5.27.